The van der Waals surface area contributed by atoms with Gasteiger partial charge in [-0.2, -0.15) is 0 Å². The van der Waals surface area contributed by atoms with Crippen molar-refractivity contribution in [3.05, 3.63) is 29.8 Å². The van der Waals surface area contributed by atoms with E-state index in [1.165, 1.54) is 6.92 Å². The molecule has 0 fully saturated rings. The van der Waals surface area contributed by atoms with Gasteiger partial charge in [0.05, 0.1) is 6.10 Å². The van der Waals surface area contributed by atoms with Crippen molar-refractivity contribution in [2.45, 2.75) is 45.4 Å². The molecule has 0 unspecified atom stereocenters. The number of anilines is 1. The molecule has 0 saturated carbocycles. The summed E-state index contributed by atoms with van der Waals surface area (Å²) in [6.07, 6.45) is -1.20. The molecule has 2 atom stereocenters. The van der Waals surface area contributed by atoms with Gasteiger partial charge in [0, 0.05) is 25.3 Å². The fourth-order valence-corrected chi connectivity index (χ4v) is 1.67. The largest absolute Gasteiger partial charge is 0.480 e. The molecule has 0 bridgehead atoms. The molecule has 0 aromatic heterocycles. The van der Waals surface area contributed by atoms with Crippen LogP contribution in [-0.4, -0.2) is 60.4 Å². The number of hydrogen-bond acceptors (Lipinski definition) is 6. The van der Waals surface area contributed by atoms with Crippen molar-refractivity contribution in [1.82, 2.24) is 5.32 Å². The zero-order valence-corrected chi connectivity index (χ0v) is 16.0. The summed E-state index contributed by atoms with van der Waals surface area (Å²) in [4.78, 5) is 34.1. The summed E-state index contributed by atoms with van der Waals surface area (Å²) < 4.78 is 4.84. The number of aldehydes is 1. The molecule has 1 rings (SSSR count). The first-order valence-corrected chi connectivity index (χ1v) is 8.00. The number of hydrogen-bond donors (Lipinski definition) is 3. The lowest BCUT2D eigenvalue weighted by Crippen LogP contribution is -2.49. The lowest BCUT2D eigenvalue weighted by Gasteiger charge is -2.22. The smallest absolute Gasteiger partial charge is 0.408 e. The van der Waals surface area contributed by atoms with E-state index < -0.39 is 29.8 Å². The Bertz CT molecular complexity index is 591. The van der Waals surface area contributed by atoms with Crippen LogP contribution >= 0.6 is 0 Å². The number of aliphatic carboxylic acids is 1. The number of carboxylic acid groups (broad SMARTS) is 1. The SMILES string of the molecule is CN(C)c1ccc(C=O)cc1.C[C@H](O)[C@@H](NC(=O)OC(C)(C)C)C(=O)O. The predicted molar refractivity (Wildman–Crippen MR) is 98.6 cm³/mol. The Morgan fingerprint density at radius 2 is 1.69 bits per heavy atom. The topological polar surface area (TPSA) is 116 Å². The van der Waals surface area contributed by atoms with Crippen molar-refractivity contribution in [2.75, 3.05) is 19.0 Å². The van der Waals surface area contributed by atoms with Crippen molar-refractivity contribution >= 4 is 24.0 Å². The number of benzene rings is 1. The number of aliphatic hydroxyl groups is 1. The van der Waals surface area contributed by atoms with Gasteiger partial charge in [-0.25, -0.2) is 9.59 Å². The van der Waals surface area contributed by atoms with Crippen LogP contribution in [0.5, 0.6) is 0 Å². The summed E-state index contributed by atoms with van der Waals surface area (Å²) in [6, 6.07) is 6.10. The summed E-state index contributed by atoms with van der Waals surface area (Å²) in [6.45, 7) is 6.25. The van der Waals surface area contributed by atoms with Crippen LogP contribution in [-0.2, 0) is 9.53 Å². The highest BCUT2D eigenvalue weighted by molar-refractivity contribution is 5.80. The van der Waals surface area contributed by atoms with Gasteiger partial charge in [-0.15, -0.1) is 0 Å². The zero-order chi connectivity index (χ0) is 20.5. The first-order valence-electron chi connectivity index (χ1n) is 8.00. The second-order valence-electron chi connectivity index (χ2n) is 6.81. The van der Waals surface area contributed by atoms with Crippen molar-refractivity contribution in [3.8, 4) is 0 Å². The molecular formula is C18H28N2O6. The summed E-state index contributed by atoms with van der Waals surface area (Å²) in [7, 11) is 3.94. The van der Waals surface area contributed by atoms with E-state index in [1.807, 2.05) is 43.3 Å². The van der Waals surface area contributed by atoms with Gasteiger partial charge in [-0.05, 0) is 52.0 Å². The van der Waals surface area contributed by atoms with Gasteiger partial charge >= 0.3 is 12.1 Å². The Morgan fingerprint density at radius 1 is 1.19 bits per heavy atom. The normalized spacial score (nSPS) is 12.7. The summed E-state index contributed by atoms with van der Waals surface area (Å²) in [5.41, 5.74) is 1.12. The molecule has 0 spiro atoms. The standard InChI is InChI=1S/C9H17NO5.C9H11NO/c1-5(11)6(7(12)13)10-8(14)15-9(2,3)4;1-10(2)9-5-3-8(7-11)4-6-9/h5-6,11H,1-4H3,(H,10,14)(H,12,13);3-7H,1-2H3/t5-,6+;/m0./s1. The molecular weight excluding hydrogens is 340 g/mol. The maximum Gasteiger partial charge on any atom is 0.408 e. The average molecular weight is 368 g/mol. The quantitative estimate of drug-likeness (QED) is 0.680. The number of carbonyl (C=O) groups is 3. The van der Waals surface area contributed by atoms with E-state index in [2.05, 4.69) is 5.32 Å². The van der Waals surface area contributed by atoms with Crippen LogP contribution in [0.15, 0.2) is 24.3 Å². The molecule has 0 aliphatic heterocycles. The van der Waals surface area contributed by atoms with E-state index in [4.69, 9.17) is 14.9 Å². The molecule has 26 heavy (non-hydrogen) atoms. The van der Waals surface area contributed by atoms with Crippen molar-refractivity contribution in [1.29, 1.82) is 0 Å². The van der Waals surface area contributed by atoms with Gasteiger partial charge in [-0.3, -0.25) is 4.79 Å². The number of carbonyl (C=O) groups excluding carboxylic acids is 2. The van der Waals surface area contributed by atoms with Gasteiger partial charge in [0.1, 0.15) is 11.9 Å². The van der Waals surface area contributed by atoms with Crippen LogP contribution in [0.1, 0.15) is 38.1 Å². The van der Waals surface area contributed by atoms with Crippen molar-refractivity contribution in [3.63, 3.8) is 0 Å². The Morgan fingerprint density at radius 3 is 2.00 bits per heavy atom. The molecule has 0 heterocycles. The Kier molecular flexibility index (Phi) is 9.35. The van der Waals surface area contributed by atoms with Gasteiger partial charge < -0.3 is 25.2 Å². The number of alkyl carbamates (subject to hydrolysis) is 1. The third-order valence-corrected chi connectivity index (χ3v) is 2.97. The van der Waals surface area contributed by atoms with Gasteiger partial charge in [0.15, 0.2) is 6.04 Å². The van der Waals surface area contributed by atoms with Crippen LogP contribution in [0.2, 0.25) is 0 Å². The first-order chi connectivity index (χ1) is 11.9. The summed E-state index contributed by atoms with van der Waals surface area (Å²) in [5, 5.41) is 19.8. The lowest BCUT2D eigenvalue weighted by atomic mass is 10.2. The number of nitrogens with zero attached hydrogens (tertiary/aromatic N) is 1. The number of ether oxygens (including phenoxy) is 1. The van der Waals surface area contributed by atoms with Crippen LogP contribution in [0.25, 0.3) is 0 Å². The lowest BCUT2D eigenvalue weighted by molar-refractivity contribution is -0.142. The molecule has 1 amide bonds. The first kappa shape index (κ1) is 23.4. The Labute approximate surface area is 153 Å². The number of amides is 1. The second-order valence-corrected chi connectivity index (χ2v) is 6.81. The van der Waals surface area contributed by atoms with Crippen LogP contribution in [0, 0.1) is 0 Å². The fourth-order valence-electron chi connectivity index (χ4n) is 1.67. The maximum atomic E-state index is 11.2. The highest BCUT2D eigenvalue weighted by Crippen LogP contribution is 2.10. The molecule has 0 radical (unpaired) electrons. The van der Waals surface area contributed by atoms with Crippen molar-refractivity contribution in [2.24, 2.45) is 0 Å². The summed E-state index contributed by atoms with van der Waals surface area (Å²) >= 11 is 0. The molecule has 8 nitrogen and oxygen atoms in total. The number of carboxylic acids is 1. The monoisotopic (exact) mass is 368 g/mol. The molecule has 146 valence electrons. The van der Waals surface area contributed by atoms with E-state index in [9.17, 15) is 14.4 Å². The fraction of sp³-hybridized carbons (Fsp3) is 0.500. The minimum Gasteiger partial charge on any atom is -0.480 e. The predicted octanol–water partition coefficient (Wildman–Crippen LogP) is 1.91. The van der Waals surface area contributed by atoms with Gasteiger partial charge in [-0.1, -0.05) is 0 Å². The Hall–Kier alpha value is -2.61. The molecule has 8 heteroatoms. The maximum absolute atomic E-state index is 11.2. The van der Waals surface area contributed by atoms with Crippen LogP contribution < -0.4 is 10.2 Å². The molecule has 1 aromatic rings. The number of aliphatic hydroxyl groups excluding tert-OH is 1. The van der Waals surface area contributed by atoms with Gasteiger partial charge in [0.2, 0.25) is 0 Å². The average Bonchev–Trinajstić information content (AvgIpc) is 2.51. The second kappa shape index (κ2) is 10.4. The highest BCUT2D eigenvalue weighted by atomic mass is 16.6. The molecule has 0 saturated heterocycles. The Balaban J connectivity index is 0.000000502. The van der Waals surface area contributed by atoms with E-state index >= 15 is 0 Å². The summed E-state index contributed by atoms with van der Waals surface area (Å²) in [5.74, 6) is -1.31. The third-order valence-electron chi connectivity index (χ3n) is 2.97. The van der Waals surface area contributed by atoms with E-state index in [1.54, 1.807) is 20.8 Å². The molecule has 0 aliphatic rings. The van der Waals surface area contributed by atoms with Crippen LogP contribution in [0.4, 0.5) is 10.5 Å². The highest BCUT2D eigenvalue weighted by Gasteiger charge is 2.27. The minimum atomic E-state index is -1.36. The molecule has 0 aliphatic carbocycles. The zero-order valence-electron chi connectivity index (χ0n) is 16.0. The van der Waals surface area contributed by atoms with E-state index in [0.29, 0.717) is 0 Å². The minimum absolute atomic E-state index is 0.703. The van der Waals surface area contributed by atoms with E-state index in [0.717, 1.165) is 17.5 Å². The molecule has 1 aromatic carbocycles. The molecule has 3 N–H and O–H groups in total. The third kappa shape index (κ3) is 9.63. The number of nitrogens with one attached hydrogen (secondary N) is 1. The van der Waals surface area contributed by atoms with Crippen molar-refractivity contribution < 1.29 is 29.3 Å². The van der Waals surface area contributed by atoms with Crippen LogP contribution in [0.3, 0.4) is 0 Å². The van der Waals surface area contributed by atoms with E-state index in [-0.39, 0.29) is 0 Å². The number of rotatable bonds is 5. The van der Waals surface area contributed by atoms with Gasteiger partial charge in [0.25, 0.3) is 0 Å².